The molecule has 0 amide bonds. The Morgan fingerprint density at radius 2 is 1.80 bits per heavy atom. The first-order valence-corrected chi connectivity index (χ1v) is 8.91. The topological polar surface area (TPSA) is 46.2 Å². The molecule has 1 N–H and O–H groups in total. The van der Waals surface area contributed by atoms with Gasteiger partial charge in [0.25, 0.3) is 0 Å². The largest absolute Gasteiger partial charge is 0.240 e. The van der Waals surface area contributed by atoms with Crippen LogP contribution in [0, 0.1) is 17.0 Å². The lowest BCUT2D eigenvalue weighted by atomic mass is 9.85. The third-order valence-electron chi connectivity index (χ3n) is 3.62. The fourth-order valence-electron chi connectivity index (χ4n) is 1.71. The van der Waals surface area contributed by atoms with Crippen LogP contribution in [0.4, 0.5) is 8.78 Å². The number of nitrogens with one attached hydrogen (secondary N) is 1. The van der Waals surface area contributed by atoms with Gasteiger partial charge >= 0.3 is 0 Å². The van der Waals surface area contributed by atoms with E-state index in [9.17, 15) is 17.2 Å². The van der Waals surface area contributed by atoms with Crippen molar-refractivity contribution in [3.63, 3.8) is 0 Å². The van der Waals surface area contributed by atoms with E-state index in [4.69, 9.17) is 0 Å². The van der Waals surface area contributed by atoms with E-state index in [0.717, 1.165) is 25.0 Å². The summed E-state index contributed by atoms with van der Waals surface area (Å²) >= 11 is 3.39. The molecule has 0 aliphatic rings. The minimum atomic E-state index is -3.84. The molecule has 0 fully saturated rings. The molecule has 0 spiro atoms. The lowest BCUT2D eigenvalue weighted by Gasteiger charge is -2.29. The van der Waals surface area contributed by atoms with Crippen molar-refractivity contribution in [2.75, 3.05) is 11.9 Å². The Balaban J connectivity index is 2.92. The molecule has 1 aromatic rings. The van der Waals surface area contributed by atoms with E-state index in [1.165, 1.54) is 0 Å². The van der Waals surface area contributed by atoms with Gasteiger partial charge in [-0.25, -0.2) is 21.9 Å². The molecule has 0 saturated heterocycles. The molecule has 114 valence electrons. The lowest BCUT2D eigenvalue weighted by molar-refractivity contribution is 0.309. The molecule has 7 heteroatoms. The van der Waals surface area contributed by atoms with Crippen molar-refractivity contribution >= 4 is 26.0 Å². The summed E-state index contributed by atoms with van der Waals surface area (Å²) in [5.74, 6) is -2.24. The molecule has 3 nitrogen and oxygen atoms in total. The van der Waals surface area contributed by atoms with Gasteiger partial charge in [0.15, 0.2) is 11.6 Å². The van der Waals surface area contributed by atoms with Crippen molar-refractivity contribution in [2.24, 2.45) is 5.41 Å². The van der Waals surface area contributed by atoms with Gasteiger partial charge in [0, 0.05) is 11.9 Å². The van der Waals surface area contributed by atoms with Gasteiger partial charge in [-0.05, 0) is 36.5 Å². The van der Waals surface area contributed by atoms with Gasteiger partial charge in [-0.15, -0.1) is 0 Å². The maximum Gasteiger partial charge on any atom is 0.240 e. The van der Waals surface area contributed by atoms with Gasteiger partial charge < -0.3 is 0 Å². The van der Waals surface area contributed by atoms with Gasteiger partial charge in [0.05, 0.1) is 4.90 Å². The zero-order valence-electron chi connectivity index (χ0n) is 11.4. The Bertz CT molecular complexity index is 551. The van der Waals surface area contributed by atoms with Gasteiger partial charge in [-0.3, -0.25) is 0 Å². The maximum atomic E-state index is 13.1. The Morgan fingerprint density at radius 1 is 1.20 bits per heavy atom. The molecule has 1 rings (SSSR count). The Labute approximate surface area is 126 Å². The Morgan fingerprint density at radius 3 is 2.25 bits per heavy atom. The zero-order chi connectivity index (χ0) is 15.4. The van der Waals surface area contributed by atoms with Crippen molar-refractivity contribution < 1.29 is 17.2 Å². The molecule has 0 bridgehead atoms. The minimum Gasteiger partial charge on any atom is -0.211 e. The number of hydrogen-bond acceptors (Lipinski definition) is 2. The SMILES string of the molecule is CCC(CC)(CBr)CNS(=O)(=O)c1ccc(F)c(F)c1. The van der Waals surface area contributed by atoms with Crippen LogP contribution in [0.3, 0.4) is 0 Å². The van der Waals surface area contributed by atoms with E-state index < -0.39 is 21.7 Å². The van der Waals surface area contributed by atoms with Gasteiger partial charge in [0.2, 0.25) is 10.0 Å². The third-order valence-corrected chi connectivity index (χ3v) is 6.21. The number of hydrogen-bond donors (Lipinski definition) is 1. The summed E-state index contributed by atoms with van der Waals surface area (Å²) in [4.78, 5) is -0.271. The number of halogens is 3. The Hall–Kier alpha value is -0.530. The van der Waals surface area contributed by atoms with Crippen molar-refractivity contribution in [3.8, 4) is 0 Å². The molecule has 0 aliphatic carbocycles. The zero-order valence-corrected chi connectivity index (χ0v) is 13.8. The average molecular weight is 370 g/mol. The predicted octanol–water partition coefficient (Wildman–Crippen LogP) is 3.44. The van der Waals surface area contributed by atoms with Crippen LogP contribution in [0.5, 0.6) is 0 Å². The second-order valence-corrected chi connectivity index (χ2v) is 7.07. The molecule has 20 heavy (non-hydrogen) atoms. The summed E-state index contributed by atoms with van der Waals surface area (Å²) in [5.41, 5.74) is -0.189. The summed E-state index contributed by atoms with van der Waals surface area (Å²) < 4.78 is 52.6. The monoisotopic (exact) mass is 369 g/mol. The van der Waals surface area contributed by atoms with Crippen LogP contribution in [0.15, 0.2) is 23.1 Å². The molecule has 0 aromatic heterocycles. The summed E-state index contributed by atoms with van der Waals surface area (Å²) in [6, 6.07) is 2.54. The summed E-state index contributed by atoms with van der Waals surface area (Å²) in [7, 11) is -3.84. The average Bonchev–Trinajstić information content (AvgIpc) is 2.44. The summed E-state index contributed by atoms with van der Waals surface area (Å²) in [6.45, 7) is 4.21. The maximum absolute atomic E-state index is 13.1. The van der Waals surface area contributed by atoms with E-state index in [-0.39, 0.29) is 16.9 Å². The van der Waals surface area contributed by atoms with E-state index in [0.29, 0.717) is 11.4 Å². The van der Waals surface area contributed by atoms with Crippen LogP contribution >= 0.6 is 15.9 Å². The van der Waals surface area contributed by atoms with Gasteiger partial charge in [-0.1, -0.05) is 29.8 Å². The van der Waals surface area contributed by atoms with Crippen LogP contribution in [0.25, 0.3) is 0 Å². The number of benzene rings is 1. The molecule has 1 aromatic carbocycles. The number of alkyl halides is 1. The first kappa shape index (κ1) is 17.5. The van der Waals surface area contributed by atoms with Crippen LogP contribution in [-0.2, 0) is 10.0 Å². The molecule has 0 radical (unpaired) electrons. The molecule has 0 saturated carbocycles. The fraction of sp³-hybridized carbons (Fsp3) is 0.538. The molecule has 0 atom stereocenters. The summed E-state index contributed by atoms with van der Waals surface area (Å²) in [6.07, 6.45) is 1.60. The second kappa shape index (κ2) is 6.95. The number of rotatable bonds is 7. The van der Waals surface area contributed by atoms with Crippen LogP contribution in [0.1, 0.15) is 26.7 Å². The van der Waals surface area contributed by atoms with Crippen molar-refractivity contribution in [1.29, 1.82) is 0 Å². The van der Waals surface area contributed by atoms with Gasteiger partial charge in [0.1, 0.15) is 0 Å². The Kier molecular flexibility index (Phi) is 6.09. The molecular weight excluding hydrogens is 352 g/mol. The van der Waals surface area contributed by atoms with Crippen LogP contribution in [-0.4, -0.2) is 20.3 Å². The first-order valence-electron chi connectivity index (χ1n) is 6.31. The van der Waals surface area contributed by atoms with Gasteiger partial charge in [-0.2, -0.15) is 0 Å². The highest BCUT2D eigenvalue weighted by Gasteiger charge is 2.27. The number of sulfonamides is 1. The first-order chi connectivity index (χ1) is 9.30. The van der Waals surface area contributed by atoms with Crippen molar-refractivity contribution in [3.05, 3.63) is 29.8 Å². The highest BCUT2D eigenvalue weighted by atomic mass is 79.9. The third kappa shape index (κ3) is 3.99. The standard InChI is InChI=1S/C13H18BrF2NO2S/c1-3-13(4-2,8-14)9-17-20(18,19)10-5-6-11(15)12(16)7-10/h5-7,17H,3-4,8-9H2,1-2H3. The fourth-order valence-corrected chi connectivity index (χ4v) is 3.87. The van der Waals surface area contributed by atoms with E-state index in [1.807, 2.05) is 13.8 Å². The van der Waals surface area contributed by atoms with Crippen LogP contribution in [0.2, 0.25) is 0 Å². The minimum absolute atomic E-state index is 0.189. The molecule has 0 unspecified atom stereocenters. The summed E-state index contributed by atoms with van der Waals surface area (Å²) in [5, 5.41) is 0.660. The van der Waals surface area contributed by atoms with E-state index in [2.05, 4.69) is 20.7 Å². The molecular formula is C13H18BrF2NO2S. The lowest BCUT2D eigenvalue weighted by Crippen LogP contribution is -2.38. The quantitative estimate of drug-likeness (QED) is 0.748. The highest BCUT2D eigenvalue weighted by molar-refractivity contribution is 9.09. The molecule has 0 aliphatic heterocycles. The normalized spacial score (nSPS) is 12.7. The molecule has 0 heterocycles. The predicted molar refractivity (Wildman–Crippen MR) is 78.4 cm³/mol. The van der Waals surface area contributed by atoms with Crippen LogP contribution < -0.4 is 4.72 Å². The second-order valence-electron chi connectivity index (χ2n) is 4.74. The van der Waals surface area contributed by atoms with Crippen molar-refractivity contribution in [1.82, 2.24) is 4.72 Å². The van der Waals surface area contributed by atoms with E-state index >= 15 is 0 Å². The van der Waals surface area contributed by atoms with E-state index in [1.54, 1.807) is 0 Å². The highest BCUT2D eigenvalue weighted by Crippen LogP contribution is 2.28. The smallest absolute Gasteiger partial charge is 0.211 e. The van der Waals surface area contributed by atoms with Crippen molar-refractivity contribution in [2.45, 2.75) is 31.6 Å².